The molecule has 0 aliphatic rings. The molecule has 0 aromatic heterocycles. The van der Waals surface area contributed by atoms with Gasteiger partial charge in [0.05, 0.1) is 0 Å². The van der Waals surface area contributed by atoms with Crippen LogP contribution >= 0.6 is 0 Å². The van der Waals surface area contributed by atoms with Crippen molar-refractivity contribution in [1.29, 1.82) is 0 Å². The van der Waals surface area contributed by atoms with Crippen molar-refractivity contribution >= 4 is 0 Å². The van der Waals surface area contributed by atoms with Gasteiger partial charge in [-0.2, -0.15) is 0 Å². The van der Waals surface area contributed by atoms with Crippen LogP contribution in [0, 0.1) is 6.07 Å². The molecule has 0 N–H and O–H groups in total. The molecule has 0 saturated heterocycles. The van der Waals surface area contributed by atoms with E-state index in [0.29, 0.717) is 0 Å². The number of aryl methyl sites for hydroxylation is 2. The summed E-state index contributed by atoms with van der Waals surface area (Å²) in [7, 11) is 0. The van der Waals surface area contributed by atoms with Gasteiger partial charge in [0, 0.05) is 0 Å². The molecule has 0 aliphatic carbocycles. The Kier molecular flexibility index (Phi) is 8.62. The highest BCUT2D eigenvalue weighted by Gasteiger charge is 2.08. The van der Waals surface area contributed by atoms with Gasteiger partial charge in [-0.3, -0.25) is 0 Å². The van der Waals surface area contributed by atoms with Crippen molar-refractivity contribution in [2.24, 2.45) is 0 Å². The van der Waals surface area contributed by atoms with Gasteiger partial charge >= 0.3 is 0 Å². The summed E-state index contributed by atoms with van der Waals surface area (Å²) in [5.74, 6) is 0. The van der Waals surface area contributed by atoms with Crippen LogP contribution in [0.1, 0.15) is 82.4 Å². The van der Waals surface area contributed by atoms with Gasteiger partial charge in [0.15, 0.2) is 0 Å². The first-order chi connectivity index (χ1) is 9.33. The summed E-state index contributed by atoms with van der Waals surface area (Å²) in [6, 6.07) is 7.99. The van der Waals surface area contributed by atoms with Crippen LogP contribution < -0.4 is 0 Å². The fourth-order valence-electron chi connectivity index (χ4n) is 2.67. The lowest BCUT2D eigenvalue weighted by Gasteiger charge is -2.14. The summed E-state index contributed by atoms with van der Waals surface area (Å²) < 4.78 is 0. The largest absolute Gasteiger partial charge is 0.0654 e. The molecule has 107 valence electrons. The fourth-order valence-corrected chi connectivity index (χ4v) is 2.67. The Labute approximate surface area is 120 Å². The molecule has 1 rings (SSSR count). The standard InChI is InChI=1S/C19H31/c1-4-7-10-13-18-15-11-14-17(12-8-5-2)19(18)16-9-6-3/h11,14H,4-10,12-13,16H2,1-3H3. The van der Waals surface area contributed by atoms with E-state index >= 15 is 0 Å². The maximum Gasteiger partial charge on any atom is -0.0146 e. The highest BCUT2D eigenvalue weighted by molar-refractivity contribution is 5.35. The molecule has 0 atom stereocenters. The monoisotopic (exact) mass is 259 g/mol. The third-order valence-electron chi connectivity index (χ3n) is 3.90. The number of hydrogen-bond acceptors (Lipinski definition) is 0. The minimum atomic E-state index is 1.23. The Bertz CT molecular complexity index is 338. The smallest absolute Gasteiger partial charge is 0.0146 e. The van der Waals surface area contributed by atoms with Crippen molar-refractivity contribution in [3.8, 4) is 0 Å². The minimum Gasteiger partial charge on any atom is -0.0654 e. The molecule has 0 heteroatoms. The Morgan fingerprint density at radius 1 is 0.789 bits per heavy atom. The van der Waals surface area contributed by atoms with Crippen LogP contribution in [-0.4, -0.2) is 0 Å². The average Bonchev–Trinajstić information content (AvgIpc) is 2.44. The zero-order valence-electron chi connectivity index (χ0n) is 13.2. The highest BCUT2D eigenvalue weighted by Crippen LogP contribution is 2.21. The lowest BCUT2D eigenvalue weighted by molar-refractivity contribution is 0.701. The summed E-state index contributed by atoms with van der Waals surface area (Å²) in [5.41, 5.74) is 4.74. The first-order valence-electron chi connectivity index (χ1n) is 8.34. The van der Waals surface area contributed by atoms with Crippen molar-refractivity contribution in [1.82, 2.24) is 0 Å². The Balaban J connectivity index is 2.79. The van der Waals surface area contributed by atoms with Crippen LogP contribution in [0.2, 0.25) is 0 Å². The van der Waals surface area contributed by atoms with Crippen molar-refractivity contribution < 1.29 is 0 Å². The molecule has 0 saturated carbocycles. The number of benzene rings is 1. The van der Waals surface area contributed by atoms with Gasteiger partial charge in [-0.15, -0.1) is 0 Å². The molecule has 1 aromatic rings. The van der Waals surface area contributed by atoms with E-state index in [1.165, 1.54) is 69.8 Å². The fraction of sp³-hybridized carbons (Fsp3) is 0.684. The van der Waals surface area contributed by atoms with Crippen molar-refractivity contribution in [2.45, 2.75) is 85.0 Å². The predicted octanol–water partition coefficient (Wildman–Crippen LogP) is 5.90. The summed E-state index contributed by atoms with van der Waals surface area (Å²) in [5, 5.41) is 0. The van der Waals surface area contributed by atoms with Crippen molar-refractivity contribution in [3.63, 3.8) is 0 Å². The molecule has 0 amide bonds. The third-order valence-corrected chi connectivity index (χ3v) is 3.90. The Morgan fingerprint density at radius 3 is 2.16 bits per heavy atom. The van der Waals surface area contributed by atoms with E-state index in [9.17, 15) is 0 Å². The van der Waals surface area contributed by atoms with Crippen LogP contribution in [0.3, 0.4) is 0 Å². The van der Waals surface area contributed by atoms with Gasteiger partial charge < -0.3 is 0 Å². The van der Waals surface area contributed by atoms with Crippen molar-refractivity contribution in [2.75, 3.05) is 0 Å². The normalized spacial score (nSPS) is 10.9. The molecule has 0 unspecified atom stereocenters. The van der Waals surface area contributed by atoms with E-state index in [1.54, 1.807) is 11.1 Å². The first kappa shape index (κ1) is 16.3. The Hall–Kier alpha value is -0.780. The summed E-state index contributed by atoms with van der Waals surface area (Å²) in [4.78, 5) is 0. The lowest BCUT2D eigenvalue weighted by Crippen LogP contribution is -2.01. The van der Waals surface area contributed by atoms with Gasteiger partial charge in [0.2, 0.25) is 0 Å². The maximum atomic E-state index is 3.52. The second-order valence-corrected chi connectivity index (χ2v) is 5.62. The minimum absolute atomic E-state index is 1.23. The van der Waals surface area contributed by atoms with Crippen LogP contribution in [0.4, 0.5) is 0 Å². The number of hydrogen-bond donors (Lipinski definition) is 0. The maximum absolute atomic E-state index is 3.52. The molecule has 0 spiro atoms. The summed E-state index contributed by atoms with van der Waals surface area (Å²) >= 11 is 0. The predicted molar refractivity (Wildman–Crippen MR) is 85.7 cm³/mol. The quantitative estimate of drug-likeness (QED) is 0.459. The molecule has 0 fully saturated rings. The van der Waals surface area contributed by atoms with E-state index in [-0.39, 0.29) is 0 Å². The molecule has 1 aromatic carbocycles. The summed E-state index contributed by atoms with van der Waals surface area (Å²) in [6.45, 7) is 6.84. The van der Waals surface area contributed by atoms with Gasteiger partial charge in [-0.1, -0.05) is 58.6 Å². The lowest BCUT2D eigenvalue weighted by atomic mass is 9.91. The molecule has 0 aliphatic heterocycles. The molecule has 1 radical (unpaired) electrons. The summed E-state index contributed by atoms with van der Waals surface area (Å²) in [6.07, 6.45) is 12.9. The molecule has 0 nitrogen and oxygen atoms in total. The van der Waals surface area contributed by atoms with E-state index in [2.05, 4.69) is 39.0 Å². The number of rotatable bonds is 10. The SMILES string of the molecule is CCCCCc1[c]ccc(CCCC)c1CCCC. The van der Waals surface area contributed by atoms with E-state index in [0.717, 1.165) is 0 Å². The third kappa shape index (κ3) is 5.80. The topological polar surface area (TPSA) is 0 Å². The average molecular weight is 259 g/mol. The molecule has 19 heavy (non-hydrogen) atoms. The van der Waals surface area contributed by atoms with Crippen molar-refractivity contribution in [3.05, 3.63) is 34.9 Å². The van der Waals surface area contributed by atoms with Crippen LogP contribution in [0.25, 0.3) is 0 Å². The van der Waals surface area contributed by atoms with E-state index in [4.69, 9.17) is 0 Å². The first-order valence-corrected chi connectivity index (χ1v) is 8.34. The zero-order valence-corrected chi connectivity index (χ0v) is 13.2. The van der Waals surface area contributed by atoms with Crippen LogP contribution in [-0.2, 0) is 19.3 Å². The highest BCUT2D eigenvalue weighted by atomic mass is 14.1. The molecule has 0 bridgehead atoms. The van der Waals surface area contributed by atoms with E-state index in [1.807, 2.05) is 0 Å². The van der Waals surface area contributed by atoms with E-state index < -0.39 is 0 Å². The van der Waals surface area contributed by atoms with Crippen LogP contribution in [0.15, 0.2) is 12.1 Å². The number of unbranched alkanes of at least 4 members (excludes halogenated alkanes) is 4. The second-order valence-electron chi connectivity index (χ2n) is 5.62. The molecule has 0 heterocycles. The van der Waals surface area contributed by atoms with Gasteiger partial charge in [0.1, 0.15) is 0 Å². The van der Waals surface area contributed by atoms with Gasteiger partial charge in [-0.25, -0.2) is 0 Å². The molecular weight excluding hydrogens is 228 g/mol. The zero-order chi connectivity index (χ0) is 13.9. The van der Waals surface area contributed by atoms with Gasteiger partial charge in [-0.05, 0) is 61.3 Å². The van der Waals surface area contributed by atoms with Crippen LogP contribution in [0.5, 0.6) is 0 Å². The van der Waals surface area contributed by atoms with Gasteiger partial charge in [0.25, 0.3) is 0 Å². The second kappa shape index (κ2) is 10.1. The Morgan fingerprint density at radius 2 is 1.47 bits per heavy atom. The molecular formula is C19H31.